The minimum absolute atomic E-state index is 0.0400. The number of nitrogens with one attached hydrogen (secondary N) is 1. The summed E-state index contributed by atoms with van der Waals surface area (Å²) in [6.07, 6.45) is 2.44. The quantitative estimate of drug-likeness (QED) is 0.689. The second kappa shape index (κ2) is 7.61. The lowest BCUT2D eigenvalue weighted by Crippen LogP contribution is -2.32. The molecule has 0 spiro atoms. The number of hydrogen-bond donors (Lipinski definition) is 1. The Labute approximate surface area is 170 Å². The third kappa shape index (κ3) is 3.63. The largest absolute Gasteiger partial charge is 0.333 e. The number of tetrazole rings is 1. The molecule has 0 atom stereocenters. The molecule has 0 unspecified atom stereocenters. The molecule has 1 aliphatic heterocycles. The molecule has 30 heavy (non-hydrogen) atoms. The molecule has 3 aromatic rings. The minimum Gasteiger partial charge on any atom is -0.333 e. The number of rotatable bonds is 4. The van der Waals surface area contributed by atoms with Crippen LogP contribution < -0.4 is 10.2 Å². The maximum Gasteiger partial charge on any atom is 0.276 e. The van der Waals surface area contributed by atoms with Gasteiger partial charge < -0.3 is 10.2 Å². The van der Waals surface area contributed by atoms with Gasteiger partial charge in [0.2, 0.25) is 0 Å². The molecule has 0 aromatic carbocycles. The molecule has 12 heteroatoms. The number of nitrogens with zero attached hydrogens (tertiary/aromatic N) is 8. The molecule has 0 bridgehead atoms. The third-order valence-corrected chi connectivity index (χ3v) is 4.92. The molecular formula is C18H19F2N9O. The Balaban J connectivity index is 1.59. The summed E-state index contributed by atoms with van der Waals surface area (Å²) < 4.78 is 29.1. The molecule has 0 radical (unpaired) electrons. The van der Waals surface area contributed by atoms with E-state index in [1.54, 1.807) is 24.8 Å². The molecule has 0 fully saturated rings. The van der Waals surface area contributed by atoms with Crippen LogP contribution in [-0.4, -0.2) is 54.0 Å². The summed E-state index contributed by atoms with van der Waals surface area (Å²) in [5.74, 6) is -2.12. The monoisotopic (exact) mass is 415 g/mol. The van der Waals surface area contributed by atoms with E-state index in [9.17, 15) is 13.6 Å². The van der Waals surface area contributed by atoms with E-state index in [0.29, 0.717) is 12.5 Å². The summed E-state index contributed by atoms with van der Waals surface area (Å²) in [7, 11) is 3.41. The van der Waals surface area contributed by atoms with Crippen molar-refractivity contribution in [2.45, 2.75) is 13.3 Å². The zero-order chi connectivity index (χ0) is 21.4. The number of hydrogen-bond acceptors (Lipinski definition) is 7. The van der Waals surface area contributed by atoms with E-state index in [1.165, 1.54) is 4.80 Å². The van der Waals surface area contributed by atoms with Gasteiger partial charge in [0.25, 0.3) is 11.9 Å². The molecule has 1 N–H and O–H groups in total. The maximum absolute atomic E-state index is 13.8. The number of halogens is 2. The fourth-order valence-electron chi connectivity index (χ4n) is 3.30. The van der Waals surface area contributed by atoms with E-state index in [2.05, 4.69) is 30.8 Å². The SMILES string of the molecule is CC1=C(c2cc(C(=O)Nc3c(F)cncc3F)nn2C)CN(c2nnn(C)n2)CC1. The van der Waals surface area contributed by atoms with Crippen molar-refractivity contribution in [2.75, 3.05) is 23.3 Å². The molecule has 0 aliphatic carbocycles. The number of aromatic nitrogens is 7. The van der Waals surface area contributed by atoms with E-state index in [-0.39, 0.29) is 5.69 Å². The van der Waals surface area contributed by atoms with Gasteiger partial charge in [-0.15, -0.1) is 5.10 Å². The average Bonchev–Trinajstić information content (AvgIpc) is 3.31. The van der Waals surface area contributed by atoms with Crippen molar-refractivity contribution in [1.82, 2.24) is 35.0 Å². The molecule has 3 aromatic heterocycles. The smallest absolute Gasteiger partial charge is 0.276 e. The summed E-state index contributed by atoms with van der Waals surface area (Å²) in [6, 6.07) is 1.60. The van der Waals surface area contributed by atoms with Crippen LogP contribution in [0.2, 0.25) is 0 Å². The highest BCUT2D eigenvalue weighted by molar-refractivity contribution is 6.03. The Kier molecular flexibility index (Phi) is 4.98. The Morgan fingerprint density at radius 1 is 1.17 bits per heavy atom. The first-order chi connectivity index (χ1) is 14.3. The molecule has 4 heterocycles. The summed E-state index contributed by atoms with van der Waals surface area (Å²) in [5.41, 5.74) is 2.33. The summed E-state index contributed by atoms with van der Waals surface area (Å²) in [6.45, 7) is 3.28. The van der Waals surface area contributed by atoms with E-state index in [4.69, 9.17) is 0 Å². The molecular weight excluding hydrogens is 396 g/mol. The molecule has 10 nitrogen and oxygen atoms in total. The van der Waals surface area contributed by atoms with Gasteiger partial charge in [0.05, 0.1) is 25.1 Å². The van der Waals surface area contributed by atoms with Gasteiger partial charge in [-0.1, -0.05) is 10.7 Å². The third-order valence-electron chi connectivity index (χ3n) is 4.92. The average molecular weight is 415 g/mol. The van der Waals surface area contributed by atoms with Crippen LogP contribution in [0, 0.1) is 11.6 Å². The van der Waals surface area contributed by atoms with Gasteiger partial charge in [0.15, 0.2) is 17.3 Å². The molecule has 4 rings (SSSR count). The highest BCUT2D eigenvalue weighted by atomic mass is 19.1. The van der Waals surface area contributed by atoms with Crippen molar-refractivity contribution in [2.24, 2.45) is 14.1 Å². The van der Waals surface area contributed by atoms with E-state index in [0.717, 1.165) is 42.2 Å². The standard InChI is InChI=1S/C18H19F2N9O/c1-10-4-5-29(18-23-26-28(3)25-18)9-11(10)15-6-14(24-27(15)2)17(30)22-16-12(19)7-21-8-13(16)20/h6-8H,4-5,9H2,1-3H3,(H,21,22,30). The Bertz CT molecular complexity index is 1130. The predicted octanol–water partition coefficient (Wildman–Crippen LogP) is 1.55. The van der Waals surface area contributed by atoms with Gasteiger partial charge in [-0.25, -0.2) is 8.78 Å². The van der Waals surface area contributed by atoms with Crippen LogP contribution in [0.25, 0.3) is 5.57 Å². The van der Waals surface area contributed by atoms with Crippen molar-refractivity contribution in [1.29, 1.82) is 0 Å². The van der Waals surface area contributed by atoms with Crippen LogP contribution >= 0.6 is 0 Å². The minimum atomic E-state index is -0.961. The van der Waals surface area contributed by atoms with Crippen LogP contribution in [-0.2, 0) is 14.1 Å². The molecule has 0 saturated carbocycles. The first-order valence-electron chi connectivity index (χ1n) is 9.16. The summed E-state index contributed by atoms with van der Waals surface area (Å²) >= 11 is 0. The molecule has 1 amide bonds. The number of pyridine rings is 1. The van der Waals surface area contributed by atoms with Gasteiger partial charge in [0, 0.05) is 20.1 Å². The highest BCUT2D eigenvalue weighted by Crippen LogP contribution is 2.28. The Hall–Kier alpha value is -3.70. The van der Waals surface area contributed by atoms with Crippen molar-refractivity contribution in [3.8, 4) is 0 Å². The van der Waals surface area contributed by atoms with Gasteiger partial charge in [-0.05, 0) is 30.2 Å². The molecule has 1 aliphatic rings. The predicted molar refractivity (Wildman–Crippen MR) is 104 cm³/mol. The zero-order valence-electron chi connectivity index (χ0n) is 16.6. The van der Waals surface area contributed by atoms with Crippen LogP contribution in [0.1, 0.15) is 29.5 Å². The number of aryl methyl sites for hydroxylation is 2. The second-order valence-electron chi connectivity index (χ2n) is 6.98. The summed E-state index contributed by atoms with van der Waals surface area (Å²) in [4.78, 5) is 19.3. The molecule has 156 valence electrons. The highest BCUT2D eigenvalue weighted by Gasteiger charge is 2.25. The van der Waals surface area contributed by atoms with Gasteiger partial charge >= 0.3 is 0 Å². The second-order valence-corrected chi connectivity index (χ2v) is 6.98. The van der Waals surface area contributed by atoms with Crippen molar-refractivity contribution in [3.63, 3.8) is 0 Å². The lowest BCUT2D eigenvalue weighted by Gasteiger charge is -2.28. The number of carbonyl (C=O) groups excluding carboxylic acids is 1. The summed E-state index contributed by atoms with van der Waals surface area (Å²) in [5, 5.41) is 18.6. The van der Waals surface area contributed by atoms with Crippen LogP contribution in [0.15, 0.2) is 24.0 Å². The number of anilines is 2. The number of carbonyl (C=O) groups is 1. The van der Waals surface area contributed by atoms with Gasteiger partial charge in [-0.2, -0.15) is 9.90 Å². The van der Waals surface area contributed by atoms with Gasteiger partial charge in [-0.3, -0.25) is 14.5 Å². The van der Waals surface area contributed by atoms with Crippen molar-refractivity contribution < 1.29 is 13.6 Å². The fourth-order valence-corrected chi connectivity index (χ4v) is 3.30. The van der Waals surface area contributed by atoms with Gasteiger partial charge in [0.1, 0.15) is 5.69 Å². The van der Waals surface area contributed by atoms with Crippen molar-refractivity contribution >= 4 is 23.1 Å². The zero-order valence-corrected chi connectivity index (χ0v) is 16.6. The molecule has 0 saturated heterocycles. The Morgan fingerprint density at radius 3 is 2.57 bits per heavy atom. The first kappa shape index (κ1) is 19.6. The number of amides is 1. The first-order valence-corrected chi connectivity index (χ1v) is 9.16. The van der Waals surface area contributed by atoms with Crippen LogP contribution in [0.3, 0.4) is 0 Å². The fraction of sp³-hybridized carbons (Fsp3) is 0.333. The van der Waals surface area contributed by atoms with Crippen LogP contribution in [0.5, 0.6) is 0 Å². The normalized spacial score (nSPS) is 14.4. The maximum atomic E-state index is 13.8. The van der Waals surface area contributed by atoms with E-state index >= 15 is 0 Å². The lowest BCUT2D eigenvalue weighted by atomic mass is 9.98. The lowest BCUT2D eigenvalue weighted by molar-refractivity contribution is 0.102. The van der Waals surface area contributed by atoms with Crippen LogP contribution in [0.4, 0.5) is 20.4 Å². The van der Waals surface area contributed by atoms with E-state index < -0.39 is 23.2 Å². The van der Waals surface area contributed by atoms with E-state index in [1.807, 2.05) is 11.8 Å². The Morgan fingerprint density at radius 2 is 1.90 bits per heavy atom. The van der Waals surface area contributed by atoms with Crippen molar-refractivity contribution in [3.05, 3.63) is 47.1 Å². The topological polar surface area (TPSA) is 107 Å².